The van der Waals surface area contributed by atoms with Crippen LogP contribution in [-0.4, -0.2) is 31.1 Å². The van der Waals surface area contributed by atoms with E-state index in [2.05, 4.69) is 17.0 Å². The summed E-state index contributed by atoms with van der Waals surface area (Å²) >= 11 is 0. The van der Waals surface area contributed by atoms with E-state index in [-0.39, 0.29) is 28.7 Å². The van der Waals surface area contributed by atoms with Gasteiger partial charge in [0.05, 0.1) is 5.56 Å². The molecule has 0 heterocycles. The Labute approximate surface area is 169 Å². The minimum Gasteiger partial charge on any atom is -0.452 e. The molecule has 4 aliphatic rings. The van der Waals surface area contributed by atoms with Gasteiger partial charge in [-0.1, -0.05) is 6.07 Å². The predicted octanol–water partition coefficient (Wildman–Crippen LogP) is 4.17. The number of carbonyl (C=O) groups is 2. The van der Waals surface area contributed by atoms with Crippen molar-refractivity contribution in [1.82, 2.24) is 5.32 Å². The molecule has 158 valence electrons. The molecule has 1 aromatic carbocycles. The number of carbonyl (C=O) groups excluding carboxylic acids is 2. The van der Waals surface area contributed by atoms with E-state index in [1.54, 1.807) is 0 Å². The largest absolute Gasteiger partial charge is 0.452 e. The molecule has 4 aliphatic carbocycles. The van der Waals surface area contributed by atoms with Crippen LogP contribution >= 0.6 is 0 Å². The van der Waals surface area contributed by atoms with Gasteiger partial charge in [-0.3, -0.25) is 4.79 Å². The number of hydrogen-bond acceptors (Lipinski definition) is 4. The molecule has 29 heavy (non-hydrogen) atoms. The molecule has 0 saturated heterocycles. The summed E-state index contributed by atoms with van der Waals surface area (Å²) in [4.78, 5) is 24.5. The highest BCUT2D eigenvalue weighted by Gasteiger charge is 2.53. The lowest BCUT2D eigenvalue weighted by atomic mass is 9.48. The molecular weight excluding hydrogens is 380 g/mol. The highest BCUT2D eigenvalue weighted by molar-refractivity contribution is 5.91. The number of nitrogens with one attached hydrogen (secondary N) is 1. The van der Waals surface area contributed by atoms with Gasteiger partial charge < -0.3 is 14.8 Å². The second-order valence-corrected chi connectivity index (χ2v) is 9.05. The number of amides is 1. The Balaban J connectivity index is 1.29. The first-order valence-corrected chi connectivity index (χ1v) is 10.3. The number of ether oxygens (including phenoxy) is 2. The van der Waals surface area contributed by atoms with Crippen molar-refractivity contribution in [2.75, 3.05) is 6.61 Å². The van der Waals surface area contributed by atoms with Crippen molar-refractivity contribution < 1.29 is 27.8 Å². The highest BCUT2D eigenvalue weighted by atomic mass is 19.3. The molecule has 4 saturated carbocycles. The van der Waals surface area contributed by atoms with Crippen molar-refractivity contribution in [3.8, 4) is 5.75 Å². The van der Waals surface area contributed by atoms with E-state index in [1.807, 2.05) is 0 Å². The Morgan fingerprint density at radius 2 is 1.76 bits per heavy atom. The van der Waals surface area contributed by atoms with Gasteiger partial charge in [-0.15, -0.1) is 0 Å². The predicted molar refractivity (Wildman–Crippen MR) is 102 cm³/mol. The topological polar surface area (TPSA) is 64.6 Å². The van der Waals surface area contributed by atoms with Gasteiger partial charge in [-0.05, 0) is 86.8 Å². The molecule has 1 N–H and O–H groups in total. The summed E-state index contributed by atoms with van der Waals surface area (Å²) in [5.74, 6) is 1.17. The summed E-state index contributed by atoms with van der Waals surface area (Å²) in [5, 5.41) is 3.04. The number of benzene rings is 1. The standard InChI is InChI=1S/C22H27F2NO4/c1-13(22-9-14-5-15(10-22)7-16(6-14)11-22)25-19(26)12-28-20(27)17-3-2-4-18(8-17)29-21(23)24/h2-4,8,13-16,21H,5-7,9-12H2,1H3,(H,25,26)/t13-,14?,15?,16?,22?/m0/s1. The summed E-state index contributed by atoms with van der Waals surface area (Å²) in [7, 11) is 0. The summed E-state index contributed by atoms with van der Waals surface area (Å²) < 4.78 is 34.0. The molecule has 1 atom stereocenters. The van der Waals surface area contributed by atoms with E-state index >= 15 is 0 Å². The van der Waals surface area contributed by atoms with Gasteiger partial charge in [0.1, 0.15) is 5.75 Å². The summed E-state index contributed by atoms with van der Waals surface area (Å²) in [6, 6.07) is 5.39. The Morgan fingerprint density at radius 1 is 1.14 bits per heavy atom. The second kappa shape index (κ2) is 7.92. The van der Waals surface area contributed by atoms with Crippen LogP contribution in [0, 0.1) is 23.2 Å². The quantitative estimate of drug-likeness (QED) is 0.689. The lowest BCUT2D eigenvalue weighted by molar-refractivity contribution is -0.128. The molecule has 0 aliphatic heterocycles. The SMILES string of the molecule is C[C@H](NC(=O)COC(=O)c1cccc(OC(F)F)c1)C12CC3CC(CC(C3)C1)C2. The maximum absolute atomic E-state index is 12.4. The zero-order valence-electron chi connectivity index (χ0n) is 16.5. The molecule has 1 amide bonds. The fourth-order valence-electron chi connectivity index (χ4n) is 6.16. The van der Waals surface area contributed by atoms with Crippen LogP contribution in [0.5, 0.6) is 5.75 Å². The van der Waals surface area contributed by atoms with E-state index in [0.717, 1.165) is 17.8 Å². The molecule has 5 nitrogen and oxygen atoms in total. The van der Waals surface area contributed by atoms with Gasteiger partial charge in [0.2, 0.25) is 0 Å². The van der Waals surface area contributed by atoms with Crippen molar-refractivity contribution in [3.63, 3.8) is 0 Å². The molecule has 0 unspecified atom stereocenters. The van der Waals surface area contributed by atoms with E-state index in [4.69, 9.17) is 4.74 Å². The molecule has 5 rings (SSSR count). The number of hydrogen-bond donors (Lipinski definition) is 1. The Kier molecular flexibility index (Phi) is 5.49. The minimum atomic E-state index is -2.97. The third-order valence-electron chi connectivity index (χ3n) is 7.01. The smallest absolute Gasteiger partial charge is 0.387 e. The van der Waals surface area contributed by atoms with Gasteiger partial charge >= 0.3 is 12.6 Å². The van der Waals surface area contributed by atoms with Crippen molar-refractivity contribution in [2.45, 2.75) is 58.1 Å². The average Bonchev–Trinajstić information content (AvgIpc) is 2.64. The van der Waals surface area contributed by atoms with Crippen LogP contribution in [0.2, 0.25) is 0 Å². The van der Waals surface area contributed by atoms with Crippen LogP contribution in [0.25, 0.3) is 0 Å². The molecule has 0 aromatic heterocycles. The van der Waals surface area contributed by atoms with Gasteiger partial charge in [0.15, 0.2) is 6.61 Å². The zero-order valence-corrected chi connectivity index (χ0v) is 16.5. The maximum atomic E-state index is 12.4. The first-order valence-electron chi connectivity index (χ1n) is 10.3. The molecule has 4 fully saturated rings. The lowest BCUT2D eigenvalue weighted by Gasteiger charge is -2.59. The number of alkyl halides is 2. The fraction of sp³-hybridized carbons (Fsp3) is 0.636. The van der Waals surface area contributed by atoms with E-state index in [1.165, 1.54) is 62.8 Å². The van der Waals surface area contributed by atoms with Gasteiger partial charge in [-0.25, -0.2) is 4.79 Å². The highest BCUT2D eigenvalue weighted by Crippen LogP contribution is 2.61. The Hall–Kier alpha value is -2.18. The third kappa shape index (κ3) is 4.38. The van der Waals surface area contributed by atoms with Gasteiger partial charge in [0.25, 0.3) is 5.91 Å². The normalized spacial score (nSPS) is 30.8. The van der Waals surface area contributed by atoms with E-state index in [9.17, 15) is 18.4 Å². The fourth-order valence-corrected chi connectivity index (χ4v) is 6.16. The monoisotopic (exact) mass is 407 g/mol. The number of halogens is 2. The Bertz CT molecular complexity index is 747. The van der Waals surface area contributed by atoms with Crippen LogP contribution in [0.3, 0.4) is 0 Å². The number of esters is 1. The van der Waals surface area contributed by atoms with Crippen LogP contribution in [0.15, 0.2) is 24.3 Å². The lowest BCUT2D eigenvalue weighted by Crippen LogP contribution is -2.56. The molecular formula is C22H27F2NO4. The average molecular weight is 407 g/mol. The number of rotatable bonds is 7. The molecule has 0 spiro atoms. The Morgan fingerprint density at radius 3 is 2.34 bits per heavy atom. The van der Waals surface area contributed by atoms with Gasteiger partial charge in [-0.2, -0.15) is 8.78 Å². The molecule has 0 radical (unpaired) electrons. The summed E-state index contributed by atoms with van der Waals surface area (Å²) in [6.45, 7) is -1.30. The van der Waals surface area contributed by atoms with Crippen molar-refractivity contribution in [3.05, 3.63) is 29.8 Å². The van der Waals surface area contributed by atoms with Crippen molar-refractivity contribution in [1.29, 1.82) is 0 Å². The molecule has 1 aromatic rings. The third-order valence-corrected chi connectivity index (χ3v) is 7.01. The zero-order chi connectivity index (χ0) is 20.6. The molecule has 4 bridgehead atoms. The minimum absolute atomic E-state index is 0.0462. The van der Waals surface area contributed by atoms with Gasteiger partial charge in [0, 0.05) is 6.04 Å². The van der Waals surface area contributed by atoms with Crippen molar-refractivity contribution in [2.24, 2.45) is 23.2 Å². The van der Waals surface area contributed by atoms with Crippen molar-refractivity contribution >= 4 is 11.9 Å². The van der Waals surface area contributed by atoms with Crippen LogP contribution < -0.4 is 10.1 Å². The van der Waals surface area contributed by atoms with E-state index < -0.39 is 19.2 Å². The van der Waals surface area contributed by atoms with Crippen LogP contribution in [-0.2, 0) is 9.53 Å². The van der Waals surface area contributed by atoms with E-state index in [0.29, 0.717) is 0 Å². The summed E-state index contributed by atoms with van der Waals surface area (Å²) in [5.41, 5.74) is 0.236. The first kappa shape index (κ1) is 20.1. The first-order chi connectivity index (χ1) is 13.8. The second-order valence-electron chi connectivity index (χ2n) is 9.05. The molecule has 7 heteroatoms. The van der Waals surface area contributed by atoms with Crippen LogP contribution in [0.4, 0.5) is 8.78 Å². The maximum Gasteiger partial charge on any atom is 0.387 e. The van der Waals surface area contributed by atoms with Crippen LogP contribution in [0.1, 0.15) is 55.8 Å². The summed E-state index contributed by atoms with van der Waals surface area (Å²) in [6.07, 6.45) is 7.55.